The van der Waals surface area contributed by atoms with Crippen molar-refractivity contribution in [2.45, 2.75) is 6.92 Å². The maximum absolute atomic E-state index is 6.17. The summed E-state index contributed by atoms with van der Waals surface area (Å²) in [5, 5.41) is 4.80. The molecule has 0 aliphatic rings. The van der Waals surface area contributed by atoms with Crippen molar-refractivity contribution < 1.29 is 0 Å². The Balaban J connectivity index is 2.25. The molecule has 0 N–H and O–H groups in total. The zero-order valence-corrected chi connectivity index (χ0v) is 9.89. The molecule has 0 saturated carbocycles. The average Bonchev–Trinajstić information content (AvgIpc) is 2.71. The van der Waals surface area contributed by atoms with E-state index in [0.717, 1.165) is 22.6 Å². The van der Waals surface area contributed by atoms with Crippen LogP contribution in [-0.2, 0) is 0 Å². The van der Waals surface area contributed by atoms with Crippen LogP contribution in [0.1, 0.15) is 5.69 Å². The molecule has 0 radical (unpaired) electrons. The molecule has 0 aliphatic heterocycles. The first-order valence-electron chi connectivity index (χ1n) is 5.17. The Morgan fingerprint density at radius 1 is 1.29 bits per heavy atom. The minimum absolute atomic E-state index is 0.543. The molecular weight excluding hydrogens is 236 g/mol. The lowest BCUT2D eigenvalue weighted by Gasteiger charge is -2.02. The number of nitrogens with zero attached hydrogens (tertiary/aromatic N) is 4. The van der Waals surface area contributed by atoms with Gasteiger partial charge in [-0.3, -0.25) is 4.98 Å². The summed E-state index contributed by atoms with van der Waals surface area (Å²) in [6.07, 6.45) is 3.49. The Bertz CT molecular complexity index is 676. The van der Waals surface area contributed by atoms with Gasteiger partial charge in [0.1, 0.15) is 5.15 Å². The maximum atomic E-state index is 6.17. The van der Waals surface area contributed by atoms with E-state index in [1.54, 1.807) is 23.0 Å². The Morgan fingerprint density at radius 3 is 2.94 bits per heavy atom. The monoisotopic (exact) mass is 244 g/mol. The molecule has 3 heterocycles. The molecule has 0 unspecified atom stereocenters. The minimum atomic E-state index is 0.543. The zero-order chi connectivity index (χ0) is 11.8. The average molecular weight is 245 g/mol. The quantitative estimate of drug-likeness (QED) is 0.618. The van der Waals surface area contributed by atoms with E-state index in [2.05, 4.69) is 15.1 Å². The van der Waals surface area contributed by atoms with E-state index in [-0.39, 0.29) is 0 Å². The molecular formula is C12H9ClN4. The number of aryl methyl sites for hydroxylation is 1. The van der Waals surface area contributed by atoms with Crippen LogP contribution in [0.2, 0.25) is 5.15 Å². The topological polar surface area (TPSA) is 43.1 Å². The van der Waals surface area contributed by atoms with E-state index in [1.165, 1.54) is 0 Å². The van der Waals surface area contributed by atoms with Crippen molar-refractivity contribution in [3.63, 3.8) is 0 Å². The van der Waals surface area contributed by atoms with Gasteiger partial charge in [-0.1, -0.05) is 11.6 Å². The van der Waals surface area contributed by atoms with Gasteiger partial charge in [0.25, 0.3) is 0 Å². The highest BCUT2D eigenvalue weighted by Crippen LogP contribution is 2.21. The standard InChI is InChI=1S/C12H9ClN4/c1-8-5-12-15-10(6-11(13)17(12)16-8)9-3-2-4-14-7-9/h2-7H,1H3. The van der Waals surface area contributed by atoms with Crippen molar-refractivity contribution in [2.75, 3.05) is 0 Å². The summed E-state index contributed by atoms with van der Waals surface area (Å²) in [5.41, 5.74) is 3.38. The van der Waals surface area contributed by atoms with Crippen molar-refractivity contribution in [3.8, 4) is 11.3 Å². The number of fused-ring (bicyclic) bond motifs is 1. The molecule has 0 saturated heterocycles. The van der Waals surface area contributed by atoms with Crippen LogP contribution in [-0.4, -0.2) is 19.6 Å². The van der Waals surface area contributed by atoms with E-state index < -0.39 is 0 Å². The number of hydrogen-bond acceptors (Lipinski definition) is 3. The van der Waals surface area contributed by atoms with Gasteiger partial charge in [-0.2, -0.15) is 5.10 Å². The normalized spacial score (nSPS) is 10.9. The van der Waals surface area contributed by atoms with Crippen LogP contribution in [0.25, 0.3) is 16.9 Å². The molecule has 0 aliphatic carbocycles. The fourth-order valence-corrected chi connectivity index (χ4v) is 1.94. The Morgan fingerprint density at radius 2 is 2.18 bits per heavy atom. The summed E-state index contributed by atoms with van der Waals surface area (Å²) in [5.74, 6) is 0. The lowest BCUT2D eigenvalue weighted by Crippen LogP contribution is -1.94. The third kappa shape index (κ3) is 1.76. The van der Waals surface area contributed by atoms with Crippen molar-refractivity contribution in [1.29, 1.82) is 0 Å². The molecule has 84 valence electrons. The molecule has 0 spiro atoms. The third-order valence-corrected chi connectivity index (χ3v) is 2.73. The van der Waals surface area contributed by atoms with Crippen LogP contribution in [0.4, 0.5) is 0 Å². The maximum Gasteiger partial charge on any atom is 0.157 e. The van der Waals surface area contributed by atoms with Crippen LogP contribution in [0.5, 0.6) is 0 Å². The Labute approximate surface area is 103 Å². The van der Waals surface area contributed by atoms with Crippen molar-refractivity contribution in [2.24, 2.45) is 0 Å². The highest BCUT2D eigenvalue weighted by Gasteiger charge is 2.07. The SMILES string of the molecule is Cc1cc2nc(-c3cccnc3)cc(Cl)n2n1. The van der Waals surface area contributed by atoms with Crippen molar-refractivity contribution in [1.82, 2.24) is 19.6 Å². The lowest BCUT2D eigenvalue weighted by atomic mass is 10.2. The van der Waals surface area contributed by atoms with Crippen LogP contribution in [0.3, 0.4) is 0 Å². The predicted octanol–water partition coefficient (Wildman–Crippen LogP) is 2.75. The largest absolute Gasteiger partial charge is 0.264 e. The van der Waals surface area contributed by atoms with Crippen LogP contribution in [0, 0.1) is 6.92 Å². The van der Waals surface area contributed by atoms with Gasteiger partial charge in [-0.25, -0.2) is 9.50 Å². The van der Waals surface area contributed by atoms with E-state index in [1.807, 2.05) is 25.1 Å². The van der Waals surface area contributed by atoms with Gasteiger partial charge in [0.15, 0.2) is 5.65 Å². The second kappa shape index (κ2) is 3.82. The molecule has 0 aromatic carbocycles. The van der Waals surface area contributed by atoms with E-state index in [0.29, 0.717) is 5.15 Å². The summed E-state index contributed by atoms with van der Waals surface area (Å²) in [6.45, 7) is 1.91. The van der Waals surface area contributed by atoms with E-state index in [4.69, 9.17) is 11.6 Å². The number of rotatable bonds is 1. The number of aromatic nitrogens is 4. The molecule has 4 nitrogen and oxygen atoms in total. The van der Waals surface area contributed by atoms with Crippen molar-refractivity contribution >= 4 is 17.2 Å². The van der Waals surface area contributed by atoms with Gasteiger partial charge in [0.2, 0.25) is 0 Å². The second-order valence-electron chi connectivity index (χ2n) is 3.76. The molecule has 3 aromatic heterocycles. The highest BCUT2D eigenvalue weighted by molar-refractivity contribution is 6.30. The first-order valence-corrected chi connectivity index (χ1v) is 5.55. The molecule has 17 heavy (non-hydrogen) atoms. The van der Waals surface area contributed by atoms with Gasteiger partial charge < -0.3 is 0 Å². The first kappa shape index (κ1) is 10.2. The molecule has 0 atom stereocenters. The summed E-state index contributed by atoms with van der Waals surface area (Å²) >= 11 is 6.17. The van der Waals surface area contributed by atoms with E-state index >= 15 is 0 Å². The molecule has 5 heteroatoms. The Hall–Kier alpha value is -1.94. The predicted molar refractivity (Wildman–Crippen MR) is 66.0 cm³/mol. The van der Waals surface area contributed by atoms with Crippen LogP contribution in [0.15, 0.2) is 36.7 Å². The lowest BCUT2D eigenvalue weighted by molar-refractivity contribution is 0.919. The molecule has 0 bridgehead atoms. The highest BCUT2D eigenvalue weighted by atomic mass is 35.5. The molecule has 0 fully saturated rings. The number of pyridine rings is 1. The zero-order valence-electron chi connectivity index (χ0n) is 9.13. The van der Waals surface area contributed by atoms with E-state index in [9.17, 15) is 0 Å². The fourth-order valence-electron chi connectivity index (χ4n) is 1.71. The number of halogens is 1. The van der Waals surface area contributed by atoms with Gasteiger partial charge in [0, 0.05) is 30.1 Å². The minimum Gasteiger partial charge on any atom is -0.264 e. The van der Waals surface area contributed by atoms with Gasteiger partial charge in [-0.05, 0) is 19.1 Å². The summed E-state index contributed by atoms with van der Waals surface area (Å²) in [4.78, 5) is 8.57. The van der Waals surface area contributed by atoms with Crippen LogP contribution >= 0.6 is 11.6 Å². The third-order valence-electron chi connectivity index (χ3n) is 2.46. The van der Waals surface area contributed by atoms with Crippen LogP contribution < -0.4 is 0 Å². The second-order valence-corrected chi connectivity index (χ2v) is 4.15. The Kier molecular flexibility index (Phi) is 2.30. The summed E-state index contributed by atoms with van der Waals surface area (Å²) < 4.78 is 1.62. The summed E-state index contributed by atoms with van der Waals surface area (Å²) in [6, 6.07) is 7.51. The molecule has 3 aromatic rings. The smallest absolute Gasteiger partial charge is 0.157 e. The summed E-state index contributed by atoms with van der Waals surface area (Å²) in [7, 11) is 0. The van der Waals surface area contributed by atoms with Gasteiger partial charge >= 0.3 is 0 Å². The number of hydrogen-bond donors (Lipinski definition) is 0. The first-order chi connectivity index (χ1) is 8.24. The molecule has 0 amide bonds. The molecule has 3 rings (SSSR count). The van der Waals surface area contributed by atoms with Gasteiger partial charge in [0.05, 0.1) is 11.4 Å². The van der Waals surface area contributed by atoms with Crippen molar-refractivity contribution in [3.05, 3.63) is 47.5 Å². The fraction of sp³-hybridized carbons (Fsp3) is 0.0833. The van der Waals surface area contributed by atoms with Gasteiger partial charge in [-0.15, -0.1) is 0 Å².